The molecule has 0 heterocycles. The zero-order valence-electron chi connectivity index (χ0n) is 9.81. The van der Waals surface area contributed by atoms with E-state index in [9.17, 15) is 9.59 Å². The fraction of sp³-hybridized carbons (Fsp3) is 0.818. The Morgan fingerprint density at radius 2 is 1.79 bits per heavy atom. The van der Waals surface area contributed by atoms with Crippen LogP contribution in [0.1, 0.15) is 41.0 Å². The first-order valence-electron chi connectivity index (χ1n) is 5.10. The summed E-state index contributed by atoms with van der Waals surface area (Å²) in [7, 11) is 0. The van der Waals surface area contributed by atoms with Gasteiger partial charge in [-0.15, -0.1) is 0 Å². The average Bonchev–Trinajstić information content (AvgIpc) is 2.10. The first-order chi connectivity index (χ1) is 6.29. The predicted octanol–water partition coefficient (Wildman–Crippen LogP) is 1.76. The Balaban J connectivity index is 3.96. The van der Waals surface area contributed by atoms with Gasteiger partial charge in [0.1, 0.15) is 0 Å². The maximum atomic E-state index is 11.5. The van der Waals surface area contributed by atoms with Crippen molar-refractivity contribution in [2.45, 2.75) is 41.0 Å². The first kappa shape index (κ1) is 13.1. The summed E-state index contributed by atoms with van der Waals surface area (Å²) in [5.41, 5.74) is -0.372. The molecule has 1 atom stereocenters. The van der Waals surface area contributed by atoms with Crippen LogP contribution in [0.3, 0.4) is 0 Å². The van der Waals surface area contributed by atoms with E-state index in [1.807, 2.05) is 34.6 Å². The second-order valence-electron chi connectivity index (χ2n) is 4.70. The number of nitrogens with one attached hydrogen (secondary N) is 1. The Morgan fingerprint density at radius 1 is 1.29 bits per heavy atom. The van der Waals surface area contributed by atoms with Gasteiger partial charge in [0, 0.05) is 11.3 Å². The van der Waals surface area contributed by atoms with E-state index in [4.69, 9.17) is 0 Å². The molecule has 0 radical (unpaired) electrons. The lowest BCUT2D eigenvalue weighted by Crippen LogP contribution is -2.37. The largest absolute Gasteiger partial charge is 0.349 e. The number of carbonyl (C=O) groups excluding carboxylic acids is 2. The molecule has 0 aliphatic carbocycles. The lowest BCUT2D eigenvalue weighted by molar-refractivity contribution is -0.130. The molecule has 0 aromatic carbocycles. The van der Waals surface area contributed by atoms with Gasteiger partial charge in [-0.1, -0.05) is 34.6 Å². The number of Topliss-reactive ketones (excluding diaryl/α,β-unsaturated/α-hetero) is 1. The van der Waals surface area contributed by atoms with E-state index in [0.717, 1.165) is 6.42 Å². The fourth-order valence-corrected chi connectivity index (χ4v) is 0.792. The van der Waals surface area contributed by atoms with E-state index in [1.54, 1.807) is 0 Å². The molecule has 0 aliphatic heterocycles. The Labute approximate surface area is 86.3 Å². The van der Waals surface area contributed by atoms with E-state index in [1.165, 1.54) is 0 Å². The minimum Gasteiger partial charge on any atom is -0.349 e. The predicted molar refractivity (Wildman–Crippen MR) is 56.9 cm³/mol. The molecule has 0 spiro atoms. The molecule has 1 unspecified atom stereocenters. The Bertz CT molecular complexity index is 216. The summed E-state index contributed by atoms with van der Waals surface area (Å²) < 4.78 is 0. The van der Waals surface area contributed by atoms with Gasteiger partial charge >= 0.3 is 0 Å². The lowest BCUT2D eigenvalue weighted by Gasteiger charge is -2.17. The standard InChI is InChI=1S/C11H21NO2/c1-6-8(2)10(14)12-7-9(13)11(3,4)5/h8H,6-7H2,1-5H3,(H,12,14). The highest BCUT2D eigenvalue weighted by molar-refractivity contribution is 5.89. The number of hydrogen-bond acceptors (Lipinski definition) is 2. The molecular formula is C11H21NO2. The highest BCUT2D eigenvalue weighted by Crippen LogP contribution is 2.13. The van der Waals surface area contributed by atoms with E-state index in [-0.39, 0.29) is 29.6 Å². The fourth-order valence-electron chi connectivity index (χ4n) is 0.792. The third kappa shape index (κ3) is 4.40. The molecule has 0 fully saturated rings. The molecule has 0 aromatic rings. The van der Waals surface area contributed by atoms with Crippen molar-refractivity contribution in [3.8, 4) is 0 Å². The summed E-state index contributed by atoms with van der Waals surface area (Å²) in [5, 5.41) is 2.65. The van der Waals surface area contributed by atoms with Crippen molar-refractivity contribution in [2.75, 3.05) is 6.54 Å². The van der Waals surface area contributed by atoms with Crippen molar-refractivity contribution in [2.24, 2.45) is 11.3 Å². The Kier molecular flexibility index (Phi) is 4.81. The third-order valence-corrected chi connectivity index (χ3v) is 2.32. The van der Waals surface area contributed by atoms with Crippen molar-refractivity contribution < 1.29 is 9.59 Å². The molecule has 0 bridgehead atoms. The van der Waals surface area contributed by atoms with Crippen LogP contribution in [0.4, 0.5) is 0 Å². The van der Waals surface area contributed by atoms with Gasteiger partial charge in [0.2, 0.25) is 5.91 Å². The molecule has 0 aromatic heterocycles. The maximum Gasteiger partial charge on any atom is 0.223 e. The van der Waals surface area contributed by atoms with Crippen LogP contribution < -0.4 is 5.32 Å². The van der Waals surface area contributed by atoms with Gasteiger partial charge in [0.25, 0.3) is 0 Å². The van der Waals surface area contributed by atoms with Crippen molar-refractivity contribution in [3.63, 3.8) is 0 Å². The van der Waals surface area contributed by atoms with Crippen molar-refractivity contribution in [1.82, 2.24) is 5.32 Å². The first-order valence-corrected chi connectivity index (χ1v) is 5.10. The van der Waals surface area contributed by atoms with E-state index in [0.29, 0.717) is 0 Å². The van der Waals surface area contributed by atoms with Crippen molar-refractivity contribution in [3.05, 3.63) is 0 Å². The quantitative estimate of drug-likeness (QED) is 0.750. The van der Waals surface area contributed by atoms with Crippen molar-refractivity contribution in [1.29, 1.82) is 0 Å². The minimum atomic E-state index is -0.372. The van der Waals surface area contributed by atoms with Crippen LogP contribution in [0.5, 0.6) is 0 Å². The topological polar surface area (TPSA) is 46.2 Å². The van der Waals surface area contributed by atoms with E-state index in [2.05, 4.69) is 5.32 Å². The van der Waals surface area contributed by atoms with Gasteiger partial charge in [-0.3, -0.25) is 9.59 Å². The van der Waals surface area contributed by atoms with Gasteiger partial charge in [0.15, 0.2) is 5.78 Å². The molecule has 14 heavy (non-hydrogen) atoms. The molecular weight excluding hydrogens is 178 g/mol. The number of hydrogen-bond donors (Lipinski definition) is 1. The minimum absolute atomic E-state index is 0.0113. The van der Waals surface area contributed by atoms with Gasteiger partial charge in [-0.25, -0.2) is 0 Å². The lowest BCUT2D eigenvalue weighted by atomic mass is 9.91. The summed E-state index contributed by atoms with van der Waals surface area (Å²) >= 11 is 0. The third-order valence-electron chi connectivity index (χ3n) is 2.32. The van der Waals surface area contributed by atoms with Crippen LogP contribution in [-0.2, 0) is 9.59 Å². The van der Waals surface area contributed by atoms with Gasteiger partial charge < -0.3 is 5.32 Å². The van der Waals surface area contributed by atoms with Crippen LogP contribution in [-0.4, -0.2) is 18.2 Å². The second kappa shape index (κ2) is 5.13. The van der Waals surface area contributed by atoms with Gasteiger partial charge in [-0.2, -0.15) is 0 Å². The van der Waals surface area contributed by atoms with Crippen LogP contribution >= 0.6 is 0 Å². The summed E-state index contributed by atoms with van der Waals surface area (Å²) in [4.78, 5) is 22.8. The highest BCUT2D eigenvalue weighted by Gasteiger charge is 2.21. The SMILES string of the molecule is CCC(C)C(=O)NCC(=O)C(C)(C)C. The molecule has 0 rings (SSSR count). The Morgan fingerprint density at radius 3 is 2.14 bits per heavy atom. The number of amides is 1. The molecule has 3 heteroatoms. The molecule has 82 valence electrons. The molecule has 0 aliphatic rings. The monoisotopic (exact) mass is 199 g/mol. The number of carbonyl (C=O) groups is 2. The molecule has 0 saturated carbocycles. The summed E-state index contributed by atoms with van der Waals surface area (Å²) in [5.74, 6) is 0.0158. The van der Waals surface area contributed by atoms with E-state index >= 15 is 0 Å². The zero-order valence-corrected chi connectivity index (χ0v) is 9.81. The second-order valence-corrected chi connectivity index (χ2v) is 4.70. The summed E-state index contributed by atoms with van der Waals surface area (Å²) in [6.07, 6.45) is 0.801. The van der Waals surface area contributed by atoms with Crippen LogP contribution in [0.25, 0.3) is 0 Å². The van der Waals surface area contributed by atoms with Crippen molar-refractivity contribution >= 4 is 11.7 Å². The van der Waals surface area contributed by atoms with Crippen LogP contribution in [0.15, 0.2) is 0 Å². The van der Waals surface area contributed by atoms with Gasteiger partial charge in [-0.05, 0) is 6.42 Å². The van der Waals surface area contributed by atoms with E-state index < -0.39 is 0 Å². The molecule has 1 N–H and O–H groups in total. The average molecular weight is 199 g/mol. The molecule has 1 amide bonds. The zero-order chi connectivity index (χ0) is 11.4. The molecule has 0 saturated heterocycles. The van der Waals surface area contributed by atoms with Crippen LogP contribution in [0.2, 0.25) is 0 Å². The van der Waals surface area contributed by atoms with Gasteiger partial charge in [0.05, 0.1) is 6.54 Å². The summed E-state index contributed by atoms with van der Waals surface area (Å²) in [6.45, 7) is 9.51. The number of rotatable bonds is 4. The normalized spacial score (nSPS) is 13.5. The number of ketones is 1. The molecule has 3 nitrogen and oxygen atoms in total. The smallest absolute Gasteiger partial charge is 0.223 e. The highest BCUT2D eigenvalue weighted by atomic mass is 16.2. The Hall–Kier alpha value is -0.860. The maximum absolute atomic E-state index is 11.5. The summed E-state index contributed by atoms with van der Waals surface area (Å²) in [6, 6.07) is 0. The van der Waals surface area contributed by atoms with Crippen LogP contribution in [0, 0.1) is 11.3 Å².